The molecule has 10 heteroatoms. The van der Waals surface area contributed by atoms with Crippen LogP contribution in [0.4, 0.5) is 17.3 Å². The van der Waals surface area contributed by atoms with E-state index in [1.807, 2.05) is 54.1 Å². The number of hydrogen-bond acceptors (Lipinski definition) is 8. The zero-order valence-corrected chi connectivity index (χ0v) is 25.8. The number of nitrogen functional groups attached to an aromatic ring is 1. The standard InChI is InChI=1S/C31H42ClN7O2/c1-7-12-34-29(20(4)8-2)27-21(5)16-38(31-28(27)30(33)35-19-36-31)18-26(40)39-14-13-37(17-22(39)6)23-10-11-24(32)25(15-23)41-9-3/h7,10-12,15,19,22,34H,8-9,13-14,16-18H2,1-6H3,(H2,33,35,36)/b12-7-,29-20?/t22-/m0/s1. The fourth-order valence-electron chi connectivity index (χ4n) is 5.52. The van der Waals surface area contributed by atoms with Crippen LogP contribution in [0.15, 0.2) is 53.6 Å². The number of carbonyl (C=O) groups excluding carboxylic acids is 1. The molecule has 3 N–H and O–H groups in total. The maximum Gasteiger partial charge on any atom is 0.242 e. The largest absolute Gasteiger partial charge is 0.492 e. The monoisotopic (exact) mass is 579 g/mol. The molecule has 220 valence electrons. The normalized spacial score (nSPS) is 18.0. The van der Waals surface area contributed by atoms with E-state index < -0.39 is 0 Å². The minimum atomic E-state index is 0.0289. The molecule has 1 amide bonds. The van der Waals surface area contributed by atoms with Gasteiger partial charge in [0, 0.05) is 55.2 Å². The van der Waals surface area contributed by atoms with Crippen LogP contribution >= 0.6 is 11.6 Å². The molecule has 0 spiro atoms. The van der Waals surface area contributed by atoms with Crippen molar-refractivity contribution in [2.75, 3.05) is 54.9 Å². The van der Waals surface area contributed by atoms with E-state index >= 15 is 0 Å². The van der Waals surface area contributed by atoms with Crippen LogP contribution in [0.2, 0.25) is 5.02 Å². The number of fused-ring (bicyclic) bond motifs is 1. The van der Waals surface area contributed by atoms with Gasteiger partial charge in [0.1, 0.15) is 23.7 Å². The zero-order chi connectivity index (χ0) is 29.7. The Bertz CT molecular complexity index is 1370. The Morgan fingerprint density at radius 2 is 2.05 bits per heavy atom. The van der Waals surface area contributed by atoms with Crippen LogP contribution in [0.1, 0.15) is 53.5 Å². The van der Waals surface area contributed by atoms with Crippen molar-refractivity contribution in [1.82, 2.24) is 20.2 Å². The van der Waals surface area contributed by atoms with Gasteiger partial charge in [-0.25, -0.2) is 9.97 Å². The van der Waals surface area contributed by atoms with Gasteiger partial charge in [0.2, 0.25) is 5.91 Å². The molecule has 4 rings (SSSR count). The van der Waals surface area contributed by atoms with Crippen molar-refractivity contribution in [2.24, 2.45) is 0 Å². The molecular weight excluding hydrogens is 538 g/mol. The third-order valence-electron chi connectivity index (χ3n) is 7.72. The maximum absolute atomic E-state index is 13.7. The average molecular weight is 580 g/mol. The number of piperazine rings is 1. The molecule has 1 saturated heterocycles. The first-order valence-electron chi connectivity index (χ1n) is 14.3. The van der Waals surface area contributed by atoms with Gasteiger partial charge in [-0.1, -0.05) is 24.6 Å². The number of halogens is 1. The van der Waals surface area contributed by atoms with Gasteiger partial charge in [-0.15, -0.1) is 0 Å². The van der Waals surface area contributed by atoms with Gasteiger partial charge >= 0.3 is 0 Å². The number of amides is 1. The molecular formula is C31H42ClN7O2. The summed E-state index contributed by atoms with van der Waals surface area (Å²) < 4.78 is 5.68. The van der Waals surface area contributed by atoms with Crippen molar-refractivity contribution in [3.8, 4) is 5.75 Å². The molecule has 2 aliphatic heterocycles. The van der Waals surface area contributed by atoms with Gasteiger partial charge in [-0.05, 0) is 70.5 Å². The molecule has 1 aromatic carbocycles. The smallest absolute Gasteiger partial charge is 0.242 e. The molecule has 3 heterocycles. The van der Waals surface area contributed by atoms with Crippen LogP contribution in [0.5, 0.6) is 5.75 Å². The number of allylic oxidation sites excluding steroid dienone is 3. The molecule has 0 saturated carbocycles. The van der Waals surface area contributed by atoms with Gasteiger partial charge in [0.25, 0.3) is 0 Å². The van der Waals surface area contributed by atoms with E-state index in [0.29, 0.717) is 42.1 Å². The number of aromatic nitrogens is 2. The van der Waals surface area contributed by atoms with Crippen LogP contribution in [-0.4, -0.2) is 66.1 Å². The lowest BCUT2D eigenvalue weighted by Crippen LogP contribution is -2.56. The molecule has 1 atom stereocenters. The Hall–Kier alpha value is -3.72. The number of carbonyl (C=O) groups is 1. The quantitative estimate of drug-likeness (QED) is 0.415. The van der Waals surface area contributed by atoms with E-state index in [4.69, 9.17) is 22.1 Å². The summed E-state index contributed by atoms with van der Waals surface area (Å²) in [5, 5.41) is 4.05. The maximum atomic E-state index is 13.7. The summed E-state index contributed by atoms with van der Waals surface area (Å²) >= 11 is 6.30. The topological polar surface area (TPSA) is 99.9 Å². The third kappa shape index (κ3) is 6.45. The summed E-state index contributed by atoms with van der Waals surface area (Å²) in [7, 11) is 0. The summed E-state index contributed by atoms with van der Waals surface area (Å²) in [4.78, 5) is 28.9. The second-order valence-corrected chi connectivity index (χ2v) is 11.0. The van der Waals surface area contributed by atoms with Crippen LogP contribution < -0.4 is 25.6 Å². The van der Waals surface area contributed by atoms with Crippen LogP contribution in [0, 0.1) is 0 Å². The molecule has 41 heavy (non-hydrogen) atoms. The highest BCUT2D eigenvalue weighted by Gasteiger charge is 2.33. The molecule has 0 bridgehead atoms. The Labute approximate surface area is 248 Å². The predicted octanol–water partition coefficient (Wildman–Crippen LogP) is 5.25. The summed E-state index contributed by atoms with van der Waals surface area (Å²) in [6.07, 6.45) is 6.25. The first-order valence-corrected chi connectivity index (χ1v) is 14.7. The van der Waals surface area contributed by atoms with Crippen LogP contribution in [0.3, 0.4) is 0 Å². The second kappa shape index (κ2) is 13.3. The van der Waals surface area contributed by atoms with E-state index in [-0.39, 0.29) is 18.5 Å². The summed E-state index contributed by atoms with van der Waals surface area (Å²) in [5.74, 6) is 1.83. The fourth-order valence-corrected chi connectivity index (χ4v) is 5.69. The first-order chi connectivity index (χ1) is 19.7. The van der Waals surface area contributed by atoms with Crippen molar-refractivity contribution in [3.05, 3.63) is 64.2 Å². The summed E-state index contributed by atoms with van der Waals surface area (Å²) in [6.45, 7) is 15.7. The van der Waals surface area contributed by atoms with Gasteiger partial charge in [-0.2, -0.15) is 0 Å². The molecule has 0 radical (unpaired) electrons. The van der Waals surface area contributed by atoms with E-state index in [1.165, 1.54) is 11.9 Å². The van der Waals surface area contributed by atoms with Crippen LogP contribution in [-0.2, 0) is 4.79 Å². The number of hydrogen-bond donors (Lipinski definition) is 2. The molecule has 2 aliphatic rings. The number of rotatable bonds is 9. The minimum Gasteiger partial charge on any atom is -0.492 e. The van der Waals surface area contributed by atoms with E-state index in [1.54, 1.807) is 0 Å². The Morgan fingerprint density at radius 3 is 2.73 bits per heavy atom. The van der Waals surface area contributed by atoms with Crippen molar-refractivity contribution in [3.63, 3.8) is 0 Å². The van der Waals surface area contributed by atoms with E-state index in [9.17, 15) is 4.79 Å². The van der Waals surface area contributed by atoms with E-state index in [0.717, 1.165) is 47.6 Å². The SMILES string of the molecule is C/C=C\NC(=C(C)CC)C1=C(C)CN(CC(=O)N2CCN(c3ccc(Cl)c(OCC)c3)C[C@@H]2C)c2ncnc(N)c21. The Morgan fingerprint density at radius 1 is 1.27 bits per heavy atom. The minimum absolute atomic E-state index is 0.0289. The van der Waals surface area contributed by atoms with Gasteiger partial charge in [-0.3, -0.25) is 4.79 Å². The highest BCUT2D eigenvalue weighted by molar-refractivity contribution is 6.32. The fraction of sp³-hybridized carbons (Fsp3) is 0.452. The highest BCUT2D eigenvalue weighted by Crippen LogP contribution is 2.40. The Kier molecular flexibility index (Phi) is 9.81. The molecule has 2 aromatic rings. The molecule has 0 aliphatic carbocycles. The zero-order valence-electron chi connectivity index (χ0n) is 25.0. The highest BCUT2D eigenvalue weighted by atomic mass is 35.5. The Balaban J connectivity index is 1.54. The van der Waals surface area contributed by atoms with Crippen molar-refractivity contribution in [1.29, 1.82) is 0 Å². The number of ether oxygens (including phenoxy) is 1. The number of nitrogens with two attached hydrogens (primary N) is 1. The van der Waals surface area contributed by atoms with E-state index in [2.05, 4.69) is 47.9 Å². The lowest BCUT2D eigenvalue weighted by atomic mass is 9.91. The summed E-state index contributed by atoms with van der Waals surface area (Å²) in [6, 6.07) is 5.88. The first kappa shape index (κ1) is 30.2. The number of nitrogens with zero attached hydrogens (tertiary/aromatic N) is 5. The van der Waals surface area contributed by atoms with Gasteiger partial charge in [0.15, 0.2) is 0 Å². The third-order valence-corrected chi connectivity index (χ3v) is 8.03. The lowest BCUT2D eigenvalue weighted by Gasteiger charge is -2.42. The van der Waals surface area contributed by atoms with Crippen molar-refractivity contribution >= 4 is 40.4 Å². The second-order valence-electron chi connectivity index (χ2n) is 10.6. The van der Waals surface area contributed by atoms with Crippen LogP contribution in [0.25, 0.3) is 5.57 Å². The van der Waals surface area contributed by atoms with Crippen molar-refractivity contribution in [2.45, 2.75) is 54.0 Å². The number of benzene rings is 1. The molecule has 9 nitrogen and oxygen atoms in total. The number of nitrogens with one attached hydrogen (secondary N) is 1. The van der Waals surface area contributed by atoms with Gasteiger partial charge < -0.3 is 30.5 Å². The predicted molar refractivity (Wildman–Crippen MR) is 168 cm³/mol. The molecule has 1 aromatic heterocycles. The lowest BCUT2D eigenvalue weighted by molar-refractivity contribution is -0.132. The molecule has 0 unspecified atom stereocenters. The number of anilines is 3. The van der Waals surface area contributed by atoms with Crippen molar-refractivity contribution < 1.29 is 9.53 Å². The average Bonchev–Trinajstić information content (AvgIpc) is 2.95. The summed E-state index contributed by atoms with van der Waals surface area (Å²) in [5.41, 5.74) is 12.6. The van der Waals surface area contributed by atoms with Gasteiger partial charge in [0.05, 0.1) is 23.7 Å². The molecule has 1 fully saturated rings.